The van der Waals surface area contributed by atoms with E-state index in [0.29, 0.717) is 12.4 Å². The first-order chi connectivity index (χ1) is 7.76. The van der Waals surface area contributed by atoms with Crippen LogP contribution in [0.2, 0.25) is 0 Å². The molecular weight excluding hydrogens is 208 g/mol. The Kier molecular flexibility index (Phi) is 5.36. The van der Waals surface area contributed by atoms with E-state index >= 15 is 0 Å². The van der Waals surface area contributed by atoms with Gasteiger partial charge >= 0.3 is 0 Å². The summed E-state index contributed by atoms with van der Waals surface area (Å²) in [7, 11) is 1.48. The molecule has 0 bridgehead atoms. The summed E-state index contributed by atoms with van der Waals surface area (Å²) in [6.45, 7) is 2.67. The maximum atomic E-state index is 11.1. The van der Waals surface area contributed by atoms with E-state index in [1.54, 1.807) is 24.3 Å². The van der Waals surface area contributed by atoms with Gasteiger partial charge in [0, 0.05) is 7.11 Å². The average molecular weight is 224 g/mol. The van der Waals surface area contributed by atoms with Gasteiger partial charge in [-0.2, -0.15) is 0 Å². The zero-order valence-electron chi connectivity index (χ0n) is 9.56. The lowest BCUT2D eigenvalue weighted by Crippen LogP contribution is -2.16. The first kappa shape index (κ1) is 12.5. The zero-order valence-corrected chi connectivity index (χ0v) is 9.56. The Morgan fingerprint density at radius 2 is 1.62 bits per heavy atom. The summed E-state index contributed by atoms with van der Waals surface area (Å²) in [6.07, 6.45) is 0. The lowest BCUT2D eigenvalue weighted by Gasteiger charge is -2.06. The van der Waals surface area contributed by atoms with Crippen molar-refractivity contribution in [2.75, 3.05) is 26.9 Å². The normalized spacial score (nSPS) is 9.88. The smallest absolute Gasteiger partial charge is 0.195 e. The highest BCUT2D eigenvalue weighted by Crippen LogP contribution is 2.17. The lowest BCUT2D eigenvalue weighted by atomic mass is 10.3. The van der Waals surface area contributed by atoms with Gasteiger partial charge in [-0.15, -0.1) is 0 Å². The minimum absolute atomic E-state index is 0.0296. The summed E-state index contributed by atoms with van der Waals surface area (Å²) in [5.41, 5.74) is 0. The third-order valence-electron chi connectivity index (χ3n) is 1.84. The molecule has 1 aromatic rings. The van der Waals surface area contributed by atoms with Gasteiger partial charge in [-0.3, -0.25) is 4.79 Å². The summed E-state index contributed by atoms with van der Waals surface area (Å²) in [4.78, 5) is 11.1. The van der Waals surface area contributed by atoms with Crippen LogP contribution in [0.25, 0.3) is 0 Å². The van der Waals surface area contributed by atoms with E-state index in [9.17, 15) is 4.79 Å². The van der Waals surface area contributed by atoms with Crippen LogP contribution < -0.4 is 9.47 Å². The minimum Gasteiger partial charge on any atom is -0.494 e. The molecule has 0 aliphatic carbocycles. The number of carbonyl (C=O) groups excluding carboxylic acids is 1. The molecule has 0 saturated carbocycles. The maximum Gasteiger partial charge on any atom is 0.195 e. The van der Waals surface area contributed by atoms with Crippen LogP contribution in [0.1, 0.15) is 6.92 Å². The number of benzene rings is 1. The van der Waals surface area contributed by atoms with Crippen LogP contribution >= 0.6 is 0 Å². The molecule has 0 radical (unpaired) electrons. The van der Waals surface area contributed by atoms with E-state index < -0.39 is 0 Å². The van der Waals surface area contributed by atoms with E-state index in [4.69, 9.17) is 14.2 Å². The monoisotopic (exact) mass is 224 g/mol. The van der Waals surface area contributed by atoms with Crippen molar-refractivity contribution in [3.05, 3.63) is 24.3 Å². The summed E-state index contributed by atoms with van der Waals surface area (Å²) < 4.78 is 15.2. The van der Waals surface area contributed by atoms with Crippen LogP contribution in [0.5, 0.6) is 11.5 Å². The van der Waals surface area contributed by atoms with E-state index in [1.807, 2.05) is 6.92 Å². The number of ketones is 1. The van der Waals surface area contributed by atoms with Gasteiger partial charge in [-0.05, 0) is 31.2 Å². The van der Waals surface area contributed by atoms with Crippen LogP contribution in [0.15, 0.2) is 24.3 Å². The topological polar surface area (TPSA) is 44.8 Å². The van der Waals surface area contributed by atoms with Gasteiger partial charge in [0.25, 0.3) is 0 Å². The zero-order chi connectivity index (χ0) is 11.8. The third kappa shape index (κ3) is 4.31. The Bertz CT molecular complexity index is 318. The molecule has 0 amide bonds. The fourth-order valence-electron chi connectivity index (χ4n) is 1.17. The molecule has 0 heterocycles. The fourth-order valence-corrected chi connectivity index (χ4v) is 1.17. The number of carbonyl (C=O) groups is 1. The Balaban J connectivity index is 2.40. The number of hydrogen-bond acceptors (Lipinski definition) is 4. The quantitative estimate of drug-likeness (QED) is 0.706. The maximum absolute atomic E-state index is 11.1. The molecule has 1 aromatic carbocycles. The van der Waals surface area contributed by atoms with Gasteiger partial charge in [0.15, 0.2) is 5.78 Å². The van der Waals surface area contributed by atoms with Gasteiger partial charge in [-0.25, -0.2) is 0 Å². The SMILES string of the molecule is CCOc1ccc(OCC(=O)COC)cc1. The van der Waals surface area contributed by atoms with E-state index in [2.05, 4.69) is 0 Å². The van der Waals surface area contributed by atoms with Crippen LogP contribution in [-0.2, 0) is 9.53 Å². The molecule has 0 saturated heterocycles. The summed E-state index contributed by atoms with van der Waals surface area (Å²) >= 11 is 0. The first-order valence-corrected chi connectivity index (χ1v) is 5.12. The molecule has 0 N–H and O–H groups in total. The van der Waals surface area contributed by atoms with Crippen LogP contribution in [0, 0.1) is 0 Å². The Morgan fingerprint density at radius 1 is 1.06 bits per heavy atom. The molecule has 0 aromatic heterocycles. The van der Waals surface area contributed by atoms with Crippen molar-refractivity contribution in [2.24, 2.45) is 0 Å². The molecule has 0 fully saturated rings. The number of ether oxygens (including phenoxy) is 3. The van der Waals surface area contributed by atoms with Crippen molar-refractivity contribution in [2.45, 2.75) is 6.92 Å². The molecular formula is C12H16O4. The van der Waals surface area contributed by atoms with Gasteiger partial charge in [0.05, 0.1) is 6.61 Å². The minimum atomic E-state index is -0.0867. The highest BCUT2D eigenvalue weighted by Gasteiger charge is 2.02. The van der Waals surface area contributed by atoms with Crippen LogP contribution in [0.4, 0.5) is 0 Å². The lowest BCUT2D eigenvalue weighted by molar-refractivity contribution is -0.124. The number of methoxy groups -OCH3 is 1. The van der Waals surface area contributed by atoms with Gasteiger partial charge in [0.1, 0.15) is 24.7 Å². The van der Waals surface area contributed by atoms with E-state index in [1.165, 1.54) is 7.11 Å². The van der Waals surface area contributed by atoms with Crippen molar-refractivity contribution in [3.63, 3.8) is 0 Å². The Hall–Kier alpha value is -1.55. The summed E-state index contributed by atoms with van der Waals surface area (Å²) in [5.74, 6) is 1.35. The predicted octanol–water partition coefficient (Wildman–Crippen LogP) is 1.68. The second kappa shape index (κ2) is 6.85. The Morgan fingerprint density at radius 3 is 2.12 bits per heavy atom. The largest absolute Gasteiger partial charge is 0.494 e. The predicted molar refractivity (Wildman–Crippen MR) is 60.0 cm³/mol. The van der Waals surface area contributed by atoms with Crippen molar-refractivity contribution < 1.29 is 19.0 Å². The van der Waals surface area contributed by atoms with Crippen molar-refractivity contribution in [1.29, 1.82) is 0 Å². The molecule has 16 heavy (non-hydrogen) atoms. The number of Topliss-reactive ketones (excluding diaryl/α,β-unsaturated/α-hetero) is 1. The molecule has 0 aliphatic heterocycles. The molecule has 1 rings (SSSR count). The highest BCUT2D eigenvalue weighted by atomic mass is 16.5. The average Bonchev–Trinajstić information content (AvgIpc) is 2.29. The third-order valence-corrected chi connectivity index (χ3v) is 1.84. The molecule has 88 valence electrons. The summed E-state index contributed by atoms with van der Waals surface area (Å²) in [6, 6.07) is 7.15. The molecule has 4 nitrogen and oxygen atoms in total. The first-order valence-electron chi connectivity index (χ1n) is 5.12. The van der Waals surface area contributed by atoms with Gasteiger partial charge < -0.3 is 14.2 Å². The van der Waals surface area contributed by atoms with Crippen molar-refractivity contribution in [1.82, 2.24) is 0 Å². The molecule has 4 heteroatoms. The molecule has 0 spiro atoms. The van der Waals surface area contributed by atoms with Gasteiger partial charge in [-0.1, -0.05) is 0 Å². The molecule has 0 unspecified atom stereocenters. The van der Waals surface area contributed by atoms with E-state index in [-0.39, 0.29) is 19.0 Å². The summed E-state index contributed by atoms with van der Waals surface area (Å²) in [5, 5.41) is 0. The second-order valence-corrected chi connectivity index (χ2v) is 3.16. The van der Waals surface area contributed by atoms with E-state index in [0.717, 1.165) is 5.75 Å². The fraction of sp³-hybridized carbons (Fsp3) is 0.417. The van der Waals surface area contributed by atoms with Crippen molar-refractivity contribution in [3.8, 4) is 11.5 Å². The Labute approximate surface area is 95.1 Å². The standard InChI is InChI=1S/C12H16O4/c1-3-15-11-4-6-12(7-5-11)16-9-10(13)8-14-2/h4-7H,3,8-9H2,1-2H3. The number of rotatable bonds is 7. The van der Waals surface area contributed by atoms with Crippen LogP contribution in [-0.4, -0.2) is 32.7 Å². The van der Waals surface area contributed by atoms with Gasteiger partial charge in [0.2, 0.25) is 0 Å². The van der Waals surface area contributed by atoms with Crippen molar-refractivity contribution >= 4 is 5.78 Å². The second-order valence-electron chi connectivity index (χ2n) is 3.16. The van der Waals surface area contributed by atoms with Crippen LogP contribution in [0.3, 0.4) is 0 Å². The molecule has 0 aliphatic rings. The highest BCUT2D eigenvalue weighted by molar-refractivity contribution is 5.81. The number of hydrogen-bond donors (Lipinski definition) is 0. The molecule has 0 atom stereocenters.